The first-order chi connectivity index (χ1) is 11.9. The van der Waals surface area contributed by atoms with Gasteiger partial charge >= 0.3 is 0 Å². The summed E-state index contributed by atoms with van der Waals surface area (Å²) in [5.74, 6) is 0.0434. The van der Waals surface area contributed by atoms with Crippen molar-refractivity contribution in [1.82, 2.24) is 10.3 Å². The van der Waals surface area contributed by atoms with Gasteiger partial charge in [-0.25, -0.2) is 8.42 Å². The number of ether oxygens (including phenoxy) is 1. The van der Waals surface area contributed by atoms with Crippen LogP contribution in [0.5, 0.6) is 5.75 Å². The van der Waals surface area contributed by atoms with Crippen LogP contribution in [-0.2, 0) is 21.2 Å². The molecule has 1 N–H and O–H groups in total. The molecular formula is C18H22N2O4S. The van der Waals surface area contributed by atoms with Crippen LogP contribution in [0.1, 0.15) is 26.0 Å². The van der Waals surface area contributed by atoms with E-state index in [0.717, 1.165) is 5.69 Å². The molecule has 25 heavy (non-hydrogen) atoms. The maximum Gasteiger partial charge on any atom is 0.221 e. The van der Waals surface area contributed by atoms with Crippen LogP contribution >= 0.6 is 0 Å². The molecule has 1 aromatic heterocycles. The fraction of sp³-hybridized carbons (Fsp3) is 0.333. The summed E-state index contributed by atoms with van der Waals surface area (Å²) in [7, 11) is -3.52. The molecule has 0 saturated heterocycles. The first kappa shape index (κ1) is 18.9. The van der Waals surface area contributed by atoms with Crippen molar-refractivity contribution >= 4 is 15.7 Å². The van der Waals surface area contributed by atoms with Crippen LogP contribution < -0.4 is 10.1 Å². The number of nitrogens with zero attached hydrogens (tertiary/aromatic N) is 1. The monoisotopic (exact) mass is 362 g/mol. The third-order valence-electron chi connectivity index (χ3n) is 3.35. The van der Waals surface area contributed by atoms with Gasteiger partial charge in [0.05, 0.1) is 29.0 Å². The zero-order valence-electron chi connectivity index (χ0n) is 14.3. The van der Waals surface area contributed by atoms with E-state index in [0.29, 0.717) is 5.75 Å². The lowest BCUT2D eigenvalue weighted by atomic mass is 10.3. The van der Waals surface area contributed by atoms with Crippen LogP contribution in [0.4, 0.5) is 0 Å². The number of hydrogen-bond donors (Lipinski definition) is 1. The van der Waals surface area contributed by atoms with E-state index in [1.165, 1.54) is 12.1 Å². The van der Waals surface area contributed by atoms with Crippen molar-refractivity contribution < 1.29 is 17.9 Å². The third kappa shape index (κ3) is 6.19. The number of pyridine rings is 1. The number of carbonyl (C=O) groups is 1. The lowest BCUT2D eigenvalue weighted by Gasteiger charge is -2.10. The Morgan fingerprint density at radius 1 is 1.16 bits per heavy atom. The number of amides is 1. The van der Waals surface area contributed by atoms with E-state index in [1.807, 2.05) is 19.9 Å². The van der Waals surface area contributed by atoms with Gasteiger partial charge in [-0.1, -0.05) is 6.07 Å². The molecule has 1 amide bonds. The Bertz CT molecular complexity index is 788. The first-order valence-corrected chi connectivity index (χ1v) is 9.68. The Morgan fingerprint density at radius 2 is 1.88 bits per heavy atom. The fourth-order valence-electron chi connectivity index (χ4n) is 2.12. The van der Waals surface area contributed by atoms with Gasteiger partial charge in [0.1, 0.15) is 5.75 Å². The zero-order valence-corrected chi connectivity index (χ0v) is 15.1. The molecule has 0 aliphatic heterocycles. The lowest BCUT2D eigenvalue weighted by Crippen LogP contribution is -2.25. The molecule has 0 atom stereocenters. The number of sulfone groups is 1. The van der Waals surface area contributed by atoms with Crippen LogP contribution in [0, 0.1) is 0 Å². The van der Waals surface area contributed by atoms with Crippen LogP contribution in [0.15, 0.2) is 53.6 Å². The van der Waals surface area contributed by atoms with Crippen LogP contribution in [-0.4, -0.2) is 31.2 Å². The highest BCUT2D eigenvalue weighted by Gasteiger charge is 2.16. The second-order valence-electron chi connectivity index (χ2n) is 5.80. The Labute approximate surface area is 148 Å². The van der Waals surface area contributed by atoms with Crippen molar-refractivity contribution in [3.8, 4) is 5.75 Å². The van der Waals surface area contributed by atoms with E-state index in [9.17, 15) is 13.2 Å². The summed E-state index contributed by atoms with van der Waals surface area (Å²) in [6.07, 6.45) is 1.56. The molecule has 0 radical (unpaired) electrons. The number of hydrogen-bond acceptors (Lipinski definition) is 5. The highest BCUT2D eigenvalue weighted by molar-refractivity contribution is 7.91. The van der Waals surface area contributed by atoms with Crippen molar-refractivity contribution in [3.05, 3.63) is 54.4 Å². The molecule has 2 rings (SSSR count). The fourth-order valence-corrected chi connectivity index (χ4v) is 3.36. The Morgan fingerprint density at radius 3 is 2.48 bits per heavy atom. The summed E-state index contributed by atoms with van der Waals surface area (Å²) >= 11 is 0. The molecule has 6 nitrogen and oxygen atoms in total. The van der Waals surface area contributed by atoms with Crippen molar-refractivity contribution in [2.75, 3.05) is 5.75 Å². The second kappa shape index (κ2) is 8.62. The number of nitrogens with one attached hydrogen (secondary N) is 1. The molecule has 7 heteroatoms. The number of carbonyl (C=O) groups excluding carboxylic acids is 1. The molecule has 0 aliphatic rings. The SMILES string of the molecule is CC(C)Oc1ccc(S(=O)(=O)CCC(=O)NCc2ccccn2)cc1. The predicted octanol–water partition coefficient (Wildman–Crippen LogP) is 2.35. The van der Waals surface area contributed by atoms with Gasteiger partial charge in [-0.15, -0.1) is 0 Å². The van der Waals surface area contributed by atoms with Crippen molar-refractivity contribution in [1.29, 1.82) is 0 Å². The molecule has 0 spiro atoms. The quantitative estimate of drug-likeness (QED) is 0.779. The molecule has 0 fully saturated rings. The molecule has 2 aromatic rings. The molecule has 0 aliphatic carbocycles. The summed E-state index contributed by atoms with van der Waals surface area (Å²) < 4.78 is 30.1. The first-order valence-electron chi connectivity index (χ1n) is 8.03. The Balaban J connectivity index is 1.87. The van der Waals surface area contributed by atoms with Crippen LogP contribution in [0.3, 0.4) is 0 Å². The van der Waals surface area contributed by atoms with Gasteiger partial charge in [0, 0.05) is 12.6 Å². The molecule has 1 heterocycles. The summed E-state index contributed by atoms with van der Waals surface area (Å²) in [4.78, 5) is 16.1. The van der Waals surface area contributed by atoms with Crippen molar-refractivity contribution in [3.63, 3.8) is 0 Å². The summed E-state index contributed by atoms with van der Waals surface area (Å²) in [5.41, 5.74) is 0.722. The summed E-state index contributed by atoms with van der Waals surface area (Å²) in [5, 5.41) is 2.67. The minimum absolute atomic E-state index is 0.0188. The normalized spacial score (nSPS) is 11.3. The van der Waals surface area contributed by atoms with Crippen LogP contribution in [0.25, 0.3) is 0 Å². The summed E-state index contributed by atoms with van der Waals surface area (Å²) in [6.45, 7) is 4.07. The highest BCUT2D eigenvalue weighted by Crippen LogP contribution is 2.18. The molecule has 1 aromatic carbocycles. The van der Waals surface area contributed by atoms with E-state index in [4.69, 9.17) is 4.74 Å². The van der Waals surface area contributed by atoms with Gasteiger partial charge < -0.3 is 10.1 Å². The molecule has 0 bridgehead atoms. The van der Waals surface area contributed by atoms with E-state index >= 15 is 0 Å². The lowest BCUT2D eigenvalue weighted by molar-refractivity contribution is -0.120. The molecular weight excluding hydrogens is 340 g/mol. The number of rotatable bonds is 8. The average molecular weight is 362 g/mol. The van der Waals surface area contributed by atoms with E-state index < -0.39 is 9.84 Å². The maximum atomic E-state index is 12.3. The van der Waals surface area contributed by atoms with Gasteiger partial charge in [0.15, 0.2) is 9.84 Å². The molecule has 0 unspecified atom stereocenters. The van der Waals surface area contributed by atoms with Gasteiger partial charge in [0.25, 0.3) is 0 Å². The van der Waals surface area contributed by atoms with Gasteiger partial charge in [-0.2, -0.15) is 0 Å². The topological polar surface area (TPSA) is 85.4 Å². The standard InChI is InChI=1S/C18H22N2O4S/c1-14(2)24-16-6-8-17(9-7-16)25(22,23)12-10-18(21)20-13-15-5-3-4-11-19-15/h3-9,11,14H,10,12-13H2,1-2H3,(H,20,21). The van der Waals surface area contributed by atoms with Gasteiger partial charge in [-0.05, 0) is 50.2 Å². The minimum Gasteiger partial charge on any atom is -0.491 e. The molecule has 0 saturated carbocycles. The third-order valence-corrected chi connectivity index (χ3v) is 5.08. The highest BCUT2D eigenvalue weighted by atomic mass is 32.2. The van der Waals surface area contributed by atoms with E-state index in [-0.39, 0.29) is 35.6 Å². The molecule has 134 valence electrons. The average Bonchev–Trinajstić information content (AvgIpc) is 2.59. The van der Waals surface area contributed by atoms with Crippen LogP contribution in [0.2, 0.25) is 0 Å². The number of benzene rings is 1. The largest absolute Gasteiger partial charge is 0.491 e. The maximum absolute atomic E-state index is 12.3. The Hall–Kier alpha value is -2.41. The van der Waals surface area contributed by atoms with Crippen molar-refractivity contribution in [2.45, 2.75) is 37.8 Å². The number of aromatic nitrogens is 1. The zero-order chi connectivity index (χ0) is 18.3. The second-order valence-corrected chi connectivity index (χ2v) is 7.91. The van der Waals surface area contributed by atoms with Gasteiger partial charge in [0.2, 0.25) is 5.91 Å². The Kier molecular flexibility index (Phi) is 6.52. The van der Waals surface area contributed by atoms with Crippen molar-refractivity contribution in [2.24, 2.45) is 0 Å². The van der Waals surface area contributed by atoms with E-state index in [2.05, 4.69) is 10.3 Å². The minimum atomic E-state index is -3.52. The predicted molar refractivity (Wildman–Crippen MR) is 95.0 cm³/mol. The van der Waals surface area contributed by atoms with Gasteiger partial charge in [-0.3, -0.25) is 9.78 Å². The smallest absolute Gasteiger partial charge is 0.221 e. The summed E-state index contributed by atoms with van der Waals surface area (Å²) in [6, 6.07) is 11.6. The van der Waals surface area contributed by atoms with E-state index in [1.54, 1.807) is 30.5 Å².